The number of hydrogen-bond acceptors (Lipinski definition) is 5. The molecule has 2 heterocycles. The molecule has 0 aliphatic rings. The fourth-order valence-corrected chi connectivity index (χ4v) is 3.59. The van der Waals surface area contributed by atoms with E-state index in [1.165, 1.54) is 16.6 Å². The minimum atomic E-state index is -0.0505. The molecule has 0 spiro atoms. The lowest BCUT2D eigenvalue weighted by Crippen LogP contribution is -2.15. The number of nitrogens with zero attached hydrogens (tertiary/aromatic N) is 2. The normalized spacial score (nSPS) is 10.7. The molecule has 2 N–H and O–H groups in total. The van der Waals surface area contributed by atoms with Gasteiger partial charge in [0, 0.05) is 17.0 Å². The highest BCUT2D eigenvalue weighted by molar-refractivity contribution is 7.99. The van der Waals surface area contributed by atoms with Crippen LogP contribution in [-0.2, 0) is 17.6 Å². The minimum Gasteiger partial charge on any atom is -0.325 e. The first-order valence-corrected chi connectivity index (χ1v) is 9.55. The summed E-state index contributed by atoms with van der Waals surface area (Å²) >= 11 is 3.02. The van der Waals surface area contributed by atoms with Crippen molar-refractivity contribution in [1.82, 2.24) is 15.2 Å². The van der Waals surface area contributed by atoms with E-state index in [1.807, 2.05) is 35.7 Å². The van der Waals surface area contributed by atoms with Crippen LogP contribution >= 0.6 is 23.1 Å². The van der Waals surface area contributed by atoms with E-state index in [0.717, 1.165) is 29.9 Å². The molecule has 0 unspecified atom stereocenters. The second kappa shape index (κ2) is 8.12. The lowest BCUT2D eigenvalue weighted by atomic mass is 10.1. The van der Waals surface area contributed by atoms with Crippen molar-refractivity contribution in [3.63, 3.8) is 0 Å². The van der Waals surface area contributed by atoms with Gasteiger partial charge in [-0.25, -0.2) is 4.98 Å². The smallest absolute Gasteiger partial charge is 0.234 e. The number of para-hydroxylation sites is 1. The van der Waals surface area contributed by atoms with Crippen LogP contribution < -0.4 is 5.32 Å². The lowest BCUT2D eigenvalue weighted by Gasteiger charge is -2.08. The summed E-state index contributed by atoms with van der Waals surface area (Å²) in [7, 11) is 0. The number of amides is 1. The zero-order valence-electron chi connectivity index (χ0n) is 13.3. The first kappa shape index (κ1) is 16.7. The van der Waals surface area contributed by atoms with Gasteiger partial charge in [-0.15, -0.1) is 16.4 Å². The molecular formula is C17H18N4OS2. The van der Waals surface area contributed by atoms with E-state index in [2.05, 4.69) is 33.5 Å². The summed E-state index contributed by atoms with van der Waals surface area (Å²) in [4.78, 5) is 17.8. The zero-order chi connectivity index (χ0) is 16.8. The Labute approximate surface area is 148 Å². The fourth-order valence-electron chi connectivity index (χ4n) is 2.27. The van der Waals surface area contributed by atoms with Gasteiger partial charge in [-0.05, 0) is 29.5 Å². The average molecular weight is 358 g/mol. The molecule has 0 atom stereocenters. The van der Waals surface area contributed by atoms with Crippen molar-refractivity contribution in [2.75, 3.05) is 11.1 Å². The van der Waals surface area contributed by atoms with Crippen molar-refractivity contribution in [3.8, 4) is 0 Å². The van der Waals surface area contributed by atoms with Gasteiger partial charge in [0.2, 0.25) is 11.1 Å². The Morgan fingerprint density at radius 2 is 2.17 bits per heavy atom. The Morgan fingerprint density at radius 1 is 1.29 bits per heavy atom. The van der Waals surface area contributed by atoms with Crippen LogP contribution in [0.4, 0.5) is 5.69 Å². The van der Waals surface area contributed by atoms with E-state index in [-0.39, 0.29) is 11.7 Å². The number of anilines is 1. The molecule has 3 aromatic rings. The van der Waals surface area contributed by atoms with Gasteiger partial charge in [0.05, 0.1) is 5.75 Å². The summed E-state index contributed by atoms with van der Waals surface area (Å²) in [5, 5.41) is 12.7. The van der Waals surface area contributed by atoms with Gasteiger partial charge in [-0.1, -0.05) is 43.0 Å². The topological polar surface area (TPSA) is 70.7 Å². The number of aromatic nitrogens is 3. The molecule has 7 heteroatoms. The van der Waals surface area contributed by atoms with Crippen molar-refractivity contribution in [2.45, 2.75) is 24.9 Å². The van der Waals surface area contributed by atoms with E-state index in [9.17, 15) is 4.79 Å². The molecule has 0 radical (unpaired) electrons. The number of carbonyl (C=O) groups is 1. The van der Waals surface area contributed by atoms with Gasteiger partial charge in [-0.3, -0.25) is 9.89 Å². The van der Waals surface area contributed by atoms with E-state index in [0.29, 0.717) is 5.16 Å². The molecule has 1 amide bonds. The first-order chi connectivity index (χ1) is 11.7. The number of H-pyrrole nitrogens is 1. The van der Waals surface area contributed by atoms with Crippen LogP contribution in [0.25, 0.3) is 0 Å². The first-order valence-electron chi connectivity index (χ1n) is 7.69. The van der Waals surface area contributed by atoms with E-state index < -0.39 is 0 Å². The van der Waals surface area contributed by atoms with E-state index >= 15 is 0 Å². The Morgan fingerprint density at radius 3 is 2.96 bits per heavy atom. The summed E-state index contributed by atoms with van der Waals surface area (Å²) in [6.07, 6.45) is 1.62. The van der Waals surface area contributed by atoms with E-state index in [4.69, 9.17) is 0 Å². The average Bonchev–Trinajstić information content (AvgIpc) is 3.26. The highest BCUT2D eigenvalue weighted by Crippen LogP contribution is 2.18. The molecule has 0 fully saturated rings. The molecule has 2 aromatic heterocycles. The van der Waals surface area contributed by atoms with Crippen molar-refractivity contribution in [1.29, 1.82) is 0 Å². The van der Waals surface area contributed by atoms with Crippen molar-refractivity contribution in [3.05, 3.63) is 58.0 Å². The Bertz CT molecular complexity index is 799. The molecule has 0 bridgehead atoms. The van der Waals surface area contributed by atoms with Crippen molar-refractivity contribution < 1.29 is 4.79 Å². The molecule has 3 rings (SSSR count). The highest BCUT2D eigenvalue weighted by atomic mass is 32.2. The summed E-state index contributed by atoms with van der Waals surface area (Å²) in [6.45, 7) is 2.07. The van der Waals surface area contributed by atoms with Crippen LogP contribution in [0, 0.1) is 0 Å². The maximum absolute atomic E-state index is 12.1. The van der Waals surface area contributed by atoms with Crippen LogP contribution in [0.5, 0.6) is 0 Å². The predicted octanol–water partition coefficient (Wildman–Crippen LogP) is 3.75. The summed E-state index contributed by atoms with van der Waals surface area (Å²) < 4.78 is 0. The summed E-state index contributed by atoms with van der Waals surface area (Å²) in [5.41, 5.74) is 2.01. The number of thiophene rings is 1. The van der Waals surface area contributed by atoms with Crippen LogP contribution in [-0.4, -0.2) is 26.8 Å². The maximum atomic E-state index is 12.1. The largest absolute Gasteiger partial charge is 0.325 e. The highest BCUT2D eigenvalue weighted by Gasteiger charge is 2.10. The summed E-state index contributed by atoms with van der Waals surface area (Å²) in [6, 6.07) is 11.9. The number of hydrogen-bond donors (Lipinski definition) is 2. The lowest BCUT2D eigenvalue weighted by molar-refractivity contribution is -0.113. The SMILES string of the molecule is CCc1ccccc1NC(=O)CSc1n[nH]c(Cc2cccs2)n1. The number of nitrogens with one attached hydrogen (secondary N) is 2. The fraction of sp³-hybridized carbons (Fsp3) is 0.235. The molecule has 1 aromatic carbocycles. The standard InChI is InChI=1S/C17H18N4OS2/c1-2-12-6-3-4-8-14(12)18-16(22)11-24-17-19-15(20-21-17)10-13-7-5-9-23-13/h3-9H,2,10-11H2,1H3,(H,18,22)(H,19,20,21). The van der Waals surface area contributed by atoms with Crippen molar-refractivity contribution in [2.24, 2.45) is 0 Å². The van der Waals surface area contributed by atoms with Crippen LogP contribution in [0.1, 0.15) is 23.2 Å². The molecule has 24 heavy (non-hydrogen) atoms. The number of aryl methyl sites for hydroxylation is 1. The molecule has 0 aliphatic carbocycles. The number of carbonyl (C=O) groups excluding carboxylic acids is 1. The predicted molar refractivity (Wildman–Crippen MR) is 98.7 cm³/mol. The monoisotopic (exact) mass is 358 g/mol. The number of thioether (sulfide) groups is 1. The van der Waals surface area contributed by atoms with E-state index in [1.54, 1.807) is 11.3 Å². The Hall–Kier alpha value is -2.12. The van der Waals surface area contributed by atoms with Crippen LogP contribution in [0.3, 0.4) is 0 Å². The molecule has 5 nitrogen and oxygen atoms in total. The quantitative estimate of drug-likeness (QED) is 0.631. The van der Waals surface area contributed by atoms with Gasteiger partial charge in [0.15, 0.2) is 0 Å². The third-order valence-electron chi connectivity index (χ3n) is 3.44. The van der Waals surface area contributed by atoms with Gasteiger partial charge < -0.3 is 5.32 Å². The Balaban J connectivity index is 1.52. The van der Waals surface area contributed by atoms with Crippen LogP contribution in [0.15, 0.2) is 46.9 Å². The molecular weight excluding hydrogens is 340 g/mol. The maximum Gasteiger partial charge on any atom is 0.234 e. The second-order valence-electron chi connectivity index (χ2n) is 5.17. The number of benzene rings is 1. The van der Waals surface area contributed by atoms with Gasteiger partial charge >= 0.3 is 0 Å². The third kappa shape index (κ3) is 4.46. The van der Waals surface area contributed by atoms with Gasteiger partial charge in [0.25, 0.3) is 0 Å². The van der Waals surface area contributed by atoms with Crippen LogP contribution in [0.2, 0.25) is 0 Å². The zero-order valence-corrected chi connectivity index (χ0v) is 14.9. The third-order valence-corrected chi connectivity index (χ3v) is 5.16. The number of rotatable bonds is 7. The number of aromatic amines is 1. The Kier molecular flexibility index (Phi) is 5.66. The van der Waals surface area contributed by atoms with Gasteiger partial charge in [0.1, 0.15) is 5.82 Å². The molecule has 0 saturated carbocycles. The molecule has 124 valence electrons. The van der Waals surface area contributed by atoms with Crippen molar-refractivity contribution >= 4 is 34.7 Å². The molecule has 0 saturated heterocycles. The summed E-state index contributed by atoms with van der Waals surface area (Å²) in [5.74, 6) is 1.05. The minimum absolute atomic E-state index is 0.0505. The van der Waals surface area contributed by atoms with Gasteiger partial charge in [-0.2, -0.15) is 0 Å². The second-order valence-corrected chi connectivity index (χ2v) is 7.14. The molecule has 0 aliphatic heterocycles.